The lowest BCUT2D eigenvalue weighted by atomic mass is 10.2. The zero-order valence-corrected chi connectivity index (χ0v) is 12.5. The summed E-state index contributed by atoms with van der Waals surface area (Å²) in [6, 6.07) is 7.82. The minimum atomic E-state index is 0.674. The first-order valence-corrected chi connectivity index (χ1v) is 7.51. The van der Waals surface area contributed by atoms with Crippen LogP contribution in [0.4, 0.5) is 0 Å². The van der Waals surface area contributed by atoms with Crippen molar-refractivity contribution in [2.24, 2.45) is 7.05 Å². The Hall–Kier alpha value is -1.20. The van der Waals surface area contributed by atoms with Crippen LogP contribution in [0.25, 0.3) is 11.4 Å². The quantitative estimate of drug-likeness (QED) is 0.466. The normalized spacial score (nSPS) is 10.7. The van der Waals surface area contributed by atoms with Crippen molar-refractivity contribution in [1.29, 1.82) is 0 Å². The van der Waals surface area contributed by atoms with Crippen LogP contribution in [-0.2, 0) is 7.05 Å². The predicted molar refractivity (Wildman–Crippen MR) is 79.1 cm³/mol. The van der Waals surface area contributed by atoms with Gasteiger partial charge in [-0.15, -0.1) is 21.8 Å². The number of nitrogens with zero attached hydrogens (tertiary/aromatic N) is 3. The Morgan fingerprint density at radius 3 is 2.95 bits per heavy atom. The van der Waals surface area contributed by atoms with E-state index in [1.54, 1.807) is 18.9 Å². The molecule has 0 atom stereocenters. The van der Waals surface area contributed by atoms with Crippen molar-refractivity contribution in [2.75, 3.05) is 18.7 Å². The van der Waals surface area contributed by atoms with Crippen molar-refractivity contribution in [3.8, 4) is 17.1 Å². The molecule has 102 valence electrons. The second kappa shape index (κ2) is 6.82. The smallest absolute Gasteiger partial charge is 0.191 e. The number of rotatable bonds is 6. The summed E-state index contributed by atoms with van der Waals surface area (Å²) in [4.78, 5) is 0. The van der Waals surface area contributed by atoms with Crippen LogP contribution in [0.5, 0.6) is 5.75 Å². The third kappa shape index (κ3) is 3.42. The Kier molecular flexibility index (Phi) is 5.10. The molecular weight excluding hydrogens is 282 g/mol. The molecule has 0 amide bonds. The number of thioether (sulfide) groups is 1. The number of aromatic nitrogens is 3. The zero-order chi connectivity index (χ0) is 13.7. The van der Waals surface area contributed by atoms with Crippen molar-refractivity contribution >= 4 is 23.4 Å². The monoisotopic (exact) mass is 297 g/mol. The zero-order valence-electron chi connectivity index (χ0n) is 11.0. The summed E-state index contributed by atoms with van der Waals surface area (Å²) in [5, 5.41) is 9.36. The fourth-order valence-electron chi connectivity index (χ4n) is 1.67. The van der Waals surface area contributed by atoms with E-state index in [1.165, 1.54) is 0 Å². The Morgan fingerprint density at radius 2 is 2.21 bits per heavy atom. The first-order chi connectivity index (χ1) is 9.26. The molecule has 0 unspecified atom stereocenters. The van der Waals surface area contributed by atoms with Gasteiger partial charge in [-0.05, 0) is 18.6 Å². The van der Waals surface area contributed by atoms with Gasteiger partial charge < -0.3 is 9.30 Å². The molecule has 0 saturated carbocycles. The summed E-state index contributed by atoms with van der Waals surface area (Å²) in [5.74, 6) is 3.28. The van der Waals surface area contributed by atoms with Crippen molar-refractivity contribution < 1.29 is 4.74 Å². The molecule has 0 aliphatic carbocycles. The third-order valence-corrected chi connectivity index (χ3v) is 4.05. The van der Waals surface area contributed by atoms with Gasteiger partial charge in [-0.25, -0.2) is 0 Å². The van der Waals surface area contributed by atoms with E-state index in [1.807, 2.05) is 35.9 Å². The number of alkyl halides is 1. The largest absolute Gasteiger partial charge is 0.497 e. The minimum absolute atomic E-state index is 0.674. The van der Waals surface area contributed by atoms with Crippen molar-refractivity contribution in [3.63, 3.8) is 0 Å². The number of hydrogen-bond acceptors (Lipinski definition) is 4. The molecule has 0 fully saturated rings. The van der Waals surface area contributed by atoms with E-state index in [4.69, 9.17) is 16.3 Å². The molecule has 0 spiro atoms. The lowest BCUT2D eigenvalue weighted by molar-refractivity contribution is 0.415. The standard InChI is InChI=1S/C13H16ClN3OS/c1-17-12(10-5-3-6-11(9-10)18-2)15-16-13(17)19-8-4-7-14/h3,5-6,9H,4,7-8H2,1-2H3. The van der Waals surface area contributed by atoms with Crippen molar-refractivity contribution in [2.45, 2.75) is 11.6 Å². The molecule has 19 heavy (non-hydrogen) atoms. The average Bonchev–Trinajstić information content (AvgIpc) is 2.81. The molecule has 4 nitrogen and oxygen atoms in total. The maximum Gasteiger partial charge on any atom is 0.191 e. The third-order valence-electron chi connectivity index (χ3n) is 2.67. The van der Waals surface area contributed by atoms with Crippen LogP contribution in [0.1, 0.15) is 6.42 Å². The van der Waals surface area contributed by atoms with E-state index >= 15 is 0 Å². The second-order valence-corrected chi connectivity index (χ2v) is 5.43. The molecule has 0 saturated heterocycles. The van der Waals surface area contributed by atoms with Crippen LogP contribution in [0.2, 0.25) is 0 Å². The number of ether oxygens (including phenoxy) is 1. The van der Waals surface area contributed by atoms with Gasteiger partial charge in [0.2, 0.25) is 0 Å². The number of benzene rings is 1. The van der Waals surface area contributed by atoms with E-state index in [2.05, 4.69) is 10.2 Å². The summed E-state index contributed by atoms with van der Waals surface area (Å²) in [6.07, 6.45) is 0.966. The molecule has 0 radical (unpaired) electrons. The molecule has 2 rings (SSSR count). The number of methoxy groups -OCH3 is 1. The first kappa shape index (κ1) is 14.2. The van der Waals surface area contributed by atoms with Crippen LogP contribution in [0.15, 0.2) is 29.4 Å². The van der Waals surface area contributed by atoms with E-state index < -0.39 is 0 Å². The predicted octanol–water partition coefficient (Wildman–Crippen LogP) is 3.21. The van der Waals surface area contributed by atoms with Crippen LogP contribution in [0, 0.1) is 0 Å². The lowest BCUT2D eigenvalue weighted by Gasteiger charge is -2.05. The molecule has 0 aliphatic rings. The van der Waals surface area contributed by atoms with Crippen LogP contribution in [-0.4, -0.2) is 33.5 Å². The first-order valence-electron chi connectivity index (χ1n) is 5.99. The molecule has 0 bridgehead atoms. The van der Waals surface area contributed by atoms with Crippen LogP contribution >= 0.6 is 23.4 Å². The molecule has 1 aromatic carbocycles. The molecule has 0 N–H and O–H groups in total. The highest BCUT2D eigenvalue weighted by Gasteiger charge is 2.11. The molecule has 1 aromatic heterocycles. The van der Waals surface area contributed by atoms with Gasteiger partial charge in [-0.3, -0.25) is 0 Å². The van der Waals surface area contributed by atoms with Gasteiger partial charge in [0, 0.05) is 24.2 Å². The average molecular weight is 298 g/mol. The molecule has 6 heteroatoms. The van der Waals surface area contributed by atoms with Gasteiger partial charge in [-0.2, -0.15) is 0 Å². The van der Waals surface area contributed by atoms with Crippen LogP contribution in [0.3, 0.4) is 0 Å². The maximum absolute atomic E-state index is 5.67. The van der Waals surface area contributed by atoms with E-state index in [0.29, 0.717) is 5.88 Å². The summed E-state index contributed by atoms with van der Waals surface area (Å²) in [7, 11) is 3.63. The summed E-state index contributed by atoms with van der Waals surface area (Å²) in [5.41, 5.74) is 0.999. The van der Waals surface area contributed by atoms with Gasteiger partial charge >= 0.3 is 0 Å². The van der Waals surface area contributed by atoms with Gasteiger partial charge in [0.25, 0.3) is 0 Å². The molecule has 2 aromatic rings. The van der Waals surface area contributed by atoms with Gasteiger partial charge in [-0.1, -0.05) is 23.9 Å². The number of hydrogen-bond donors (Lipinski definition) is 0. The van der Waals surface area contributed by atoms with Gasteiger partial charge in [0.15, 0.2) is 11.0 Å². The SMILES string of the molecule is COc1cccc(-c2nnc(SCCCCl)n2C)c1. The lowest BCUT2D eigenvalue weighted by Crippen LogP contribution is -1.96. The number of halogens is 1. The maximum atomic E-state index is 5.67. The Balaban J connectivity index is 2.20. The minimum Gasteiger partial charge on any atom is -0.497 e. The summed E-state index contributed by atoms with van der Waals surface area (Å²) < 4.78 is 7.22. The van der Waals surface area contributed by atoms with E-state index in [-0.39, 0.29) is 0 Å². The Bertz CT molecular complexity index is 544. The summed E-state index contributed by atoms with van der Waals surface area (Å²) >= 11 is 7.34. The highest BCUT2D eigenvalue weighted by Crippen LogP contribution is 2.25. The van der Waals surface area contributed by atoms with E-state index in [9.17, 15) is 0 Å². The molecular formula is C13H16ClN3OS. The Labute approximate surface area is 122 Å². The Morgan fingerprint density at radius 1 is 1.37 bits per heavy atom. The molecule has 1 heterocycles. The van der Waals surface area contributed by atoms with Crippen LogP contribution < -0.4 is 4.74 Å². The fourth-order valence-corrected chi connectivity index (χ4v) is 2.81. The summed E-state index contributed by atoms with van der Waals surface area (Å²) in [6.45, 7) is 0. The highest BCUT2D eigenvalue weighted by molar-refractivity contribution is 7.99. The van der Waals surface area contributed by atoms with Crippen molar-refractivity contribution in [3.05, 3.63) is 24.3 Å². The van der Waals surface area contributed by atoms with Gasteiger partial charge in [0.1, 0.15) is 5.75 Å². The van der Waals surface area contributed by atoms with Gasteiger partial charge in [0.05, 0.1) is 7.11 Å². The second-order valence-electron chi connectivity index (χ2n) is 3.99. The highest BCUT2D eigenvalue weighted by atomic mass is 35.5. The fraction of sp³-hybridized carbons (Fsp3) is 0.385. The van der Waals surface area contributed by atoms with Crippen molar-refractivity contribution in [1.82, 2.24) is 14.8 Å². The molecule has 0 aliphatic heterocycles. The van der Waals surface area contributed by atoms with E-state index in [0.717, 1.165) is 34.5 Å². The topological polar surface area (TPSA) is 39.9 Å².